The van der Waals surface area contributed by atoms with Gasteiger partial charge in [-0.15, -0.1) is 0 Å². The molecule has 0 amide bonds. The van der Waals surface area contributed by atoms with Crippen LogP contribution in [0.25, 0.3) is 10.9 Å². The average molecular weight is 283 g/mol. The molecular formula is C14H13N5O2. The maximum Gasteiger partial charge on any atom is 0.311 e. The summed E-state index contributed by atoms with van der Waals surface area (Å²) in [7, 11) is 1.80. The Bertz CT molecular complexity index is 840. The fraction of sp³-hybridized carbons (Fsp3) is 0.143. The highest BCUT2D eigenvalue weighted by Crippen LogP contribution is 2.34. The third-order valence-corrected chi connectivity index (χ3v) is 3.23. The molecule has 0 radical (unpaired) electrons. The van der Waals surface area contributed by atoms with E-state index in [1.54, 1.807) is 17.9 Å². The Morgan fingerprint density at radius 1 is 1.33 bits per heavy atom. The van der Waals surface area contributed by atoms with Gasteiger partial charge in [0.15, 0.2) is 0 Å². The average Bonchev–Trinajstić information content (AvgIpc) is 2.77. The van der Waals surface area contributed by atoms with E-state index in [-0.39, 0.29) is 5.69 Å². The van der Waals surface area contributed by atoms with E-state index in [4.69, 9.17) is 0 Å². The molecule has 1 N–H and O–H groups in total. The Kier molecular flexibility index (Phi) is 3.02. The van der Waals surface area contributed by atoms with Crippen LogP contribution in [0, 0.1) is 17.0 Å². The topological polar surface area (TPSA) is 85.9 Å². The minimum Gasteiger partial charge on any atom is -0.347 e. The van der Waals surface area contributed by atoms with Crippen LogP contribution < -0.4 is 5.32 Å². The van der Waals surface area contributed by atoms with Gasteiger partial charge in [-0.2, -0.15) is 5.10 Å². The third kappa shape index (κ3) is 2.29. The van der Waals surface area contributed by atoms with Crippen molar-refractivity contribution in [2.24, 2.45) is 7.05 Å². The van der Waals surface area contributed by atoms with Gasteiger partial charge in [0.2, 0.25) is 0 Å². The Morgan fingerprint density at radius 3 is 2.76 bits per heavy atom. The first-order valence-electron chi connectivity index (χ1n) is 6.35. The molecule has 2 heterocycles. The zero-order chi connectivity index (χ0) is 15.0. The number of benzene rings is 1. The number of aromatic nitrogens is 3. The third-order valence-electron chi connectivity index (χ3n) is 3.23. The SMILES string of the molecule is Cc1nn(C)cc1Nc1c([N+](=O)[O-])cnc2ccccc12. The number of rotatable bonds is 3. The van der Waals surface area contributed by atoms with Crippen molar-refractivity contribution < 1.29 is 4.92 Å². The fourth-order valence-corrected chi connectivity index (χ4v) is 2.26. The van der Waals surface area contributed by atoms with Crippen molar-refractivity contribution in [2.75, 3.05) is 5.32 Å². The lowest BCUT2D eigenvalue weighted by molar-refractivity contribution is -0.384. The number of aryl methyl sites for hydroxylation is 2. The molecule has 0 fully saturated rings. The largest absolute Gasteiger partial charge is 0.347 e. The first-order valence-corrected chi connectivity index (χ1v) is 6.35. The second-order valence-corrected chi connectivity index (χ2v) is 4.72. The van der Waals surface area contributed by atoms with Gasteiger partial charge in [0, 0.05) is 18.6 Å². The summed E-state index contributed by atoms with van der Waals surface area (Å²) in [6.45, 7) is 1.84. The maximum atomic E-state index is 11.3. The highest BCUT2D eigenvalue weighted by Gasteiger charge is 2.19. The monoisotopic (exact) mass is 283 g/mol. The molecule has 0 saturated carbocycles. The minimum absolute atomic E-state index is 0.0584. The van der Waals surface area contributed by atoms with E-state index in [0.717, 1.165) is 11.4 Å². The zero-order valence-corrected chi connectivity index (χ0v) is 11.6. The second kappa shape index (κ2) is 4.86. The van der Waals surface area contributed by atoms with Crippen molar-refractivity contribution in [3.05, 3.63) is 52.5 Å². The summed E-state index contributed by atoms with van der Waals surface area (Å²) in [5.41, 5.74) is 2.58. The molecule has 0 aliphatic heterocycles. The summed E-state index contributed by atoms with van der Waals surface area (Å²) in [6.07, 6.45) is 3.06. The van der Waals surface area contributed by atoms with Crippen LogP contribution in [0.15, 0.2) is 36.7 Å². The summed E-state index contributed by atoms with van der Waals surface area (Å²) in [5.74, 6) is 0. The number of nitrogens with one attached hydrogen (secondary N) is 1. The van der Waals surface area contributed by atoms with Crippen LogP contribution in [0.4, 0.5) is 17.1 Å². The van der Waals surface area contributed by atoms with Gasteiger partial charge in [-0.3, -0.25) is 14.8 Å². The molecule has 0 spiro atoms. The van der Waals surface area contributed by atoms with Crippen molar-refractivity contribution in [3.8, 4) is 0 Å². The van der Waals surface area contributed by atoms with Crippen LogP contribution in [-0.4, -0.2) is 19.7 Å². The summed E-state index contributed by atoms with van der Waals surface area (Å²) >= 11 is 0. The number of pyridine rings is 1. The van der Waals surface area contributed by atoms with Gasteiger partial charge in [0.25, 0.3) is 0 Å². The number of nitrogens with zero attached hydrogens (tertiary/aromatic N) is 4. The van der Waals surface area contributed by atoms with E-state index < -0.39 is 4.92 Å². The predicted molar refractivity (Wildman–Crippen MR) is 79.6 cm³/mol. The number of para-hydroxylation sites is 1. The van der Waals surface area contributed by atoms with Gasteiger partial charge < -0.3 is 5.32 Å². The highest BCUT2D eigenvalue weighted by molar-refractivity contribution is 5.97. The van der Waals surface area contributed by atoms with Crippen molar-refractivity contribution in [2.45, 2.75) is 6.92 Å². The molecule has 0 aliphatic rings. The molecule has 2 aromatic heterocycles. The lowest BCUT2D eigenvalue weighted by atomic mass is 10.1. The van der Waals surface area contributed by atoms with Crippen LogP contribution in [0.2, 0.25) is 0 Å². The Balaban J connectivity index is 2.21. The molecule has 0 unspecified atom stereocenters. The molecule has 1 aromatic carbocycles. The van der Waals surface area contributed by atoms with Gasteiger partial charge in [0.1, 0.15) is 11.9 Å². The van der Waals surface area contributed by atoms with Crippen LogP contribution in [0.3, 0.4) is 0 Å². The molecule has 106 valence electrons. The number of hydrogen-bond acceptors (Lipinski definition) is 5. The van der Waals surface area contributed by atoms with Gasteiger partial charge in [0.05, 0.1) is 21.8 Å². The first-order chi connectivity index (χ1) is 10.1. The molecule has 0 aliphatic carbocycles. The normalized spacial score (nSPS) is 10.8. The van der Waals surface area contributed by atoms with Gasteiger partial charge in [-0.25, -0.2) is 4.98 Å². The fourth-order valence-electron chi connectivity index (χ4n) is 2.26. The van der Waals surface area contributed by atoms with Crippen molar-refractivity contribution in [1.29, 1.82) is 0 Å². The first kappa shape index (κ1) is 13.0. The molecule has 21 heavy (non-hydrogen) atoms. The smallest absolute Gasteiger partial charge is 0.311 e. The number of nitro groups is 1. The van der Waals surface area contributed by atoms with Crippen molar-refractivity contribution >= 4 is 28.0 Å². The zero-order valence-electron chi connectivity index (χ0n) is 11.6. The highest BCUT2D eigenvalue weighted by atomic mass is 16.6. The molecule has 0 bridgehead atoms. The molecule has 0 saturated heterocycles. The molecule has 3 aromatic rings. The Labute approximate surface area is 120 Å². The molecule has 7 heteroatoms. The van der Waals surface area contributed by atoms with Crippen LogP contribution >= 0.6 is 0 Å². The van der Waals surface area contributed by atoms with E-state index in [1.165, 1.54) is 6.20 Å². The van der Waals surface area contributed by atoms with E-state index in [0.29, 0.717) is 16.6 Å². The Hall–Kier alpha value is -2.96. The number of fused-ring (bicyclic) bond motifs is 1. The van der Waals surface area contributed by atoms with E-state index in [9.17, 15) is 10.1 Å². The standard InChI is InChI=1S/C14H13N5O2/c1-9-12(8-18(2)17-9)16-14-10-5-3-4-6-11(10)15-7-13(14)19(20)21/h3-8H,1-2H3,(H,15,16). The van der Waals surface area contributed by atoms with E-state index in [1.807, 2.05) is 31.2 Å². The van der Waals surface area contributed by atoms with Crippen molar-refractivity contribution in [1.82, 2.24) is 14.8 Å². The molecule has 0 atom stereocenters. The molecule has 7 nitrogen and oxygen atoms in total. The van der Waals surface area contributed by atoms with Gasteiger partial charge in [-0.1, -0.05) is 18.2 Å². The lowest BCUT2D eigenvalue weighted by Gasteiger charge is -2.09. The summed E-state index contributed by atoms with van der Waals surface area (Å²) in [4.78, 5) is 14.9. The minimum atomic E-state index is -0.437. The summed E-state index contributed by atoms with van der Waals surface area (Å²) < 4.78 is 1.66. The summed E-state index contributed by atoms with van der Waals surface area (Å²) in [5, 5.41) is 19.3. The van der Waals surface area contributed by atoms with E-state index in [2.05, 4.69) is 15.4 Å². The Morgan fingerprint density at radius 2 is 2.10 bits per heavy atom. The molecule has 3 rings (SSSR count). The van der Waals surface area contributed by atoms with Crippen molar-refractivity contribution in [3.63, 3.8) is 0 Å². The second-order valence-electron chi connectivity index (χ2n) is 4.72. The number of hydrogen-bond donors (Lipinski definition) is 1. The molecular weight excluding hydrogens is 270 g/mol. The van der Waals surface area contributed by atoms with Gasteiger partial charge in [-0.05, 0) is 13.0 Å². The van der Waals surface area contributed by atoms with Crippen LogP contribution in [0.1, 0.15) is 5.69 Å². The quantitative estimate of drug-likeness (QED) is 0.590. The van der Waals surface area contributed by atoms with Crippen LogP contribution in [-0.2, 0) is 7.05 Å². The lowest BCUT2D eigenvalue weighted by Crippen LogP contribution is -1.99. The predicted octanol–water partition coefficient (Wildman–Crippen LogP) is 2.93. The van der Waals surface area contributed by atoms with Gasteiger partial charge >= 0.3 is 5.69 Å². The van der Waals surface area contributed by atoms with E-state index >= 15 is 0 Å². The van der Waals surface area contributed by atoms with Crippen LogP contribution in [0.5, 0.6) is 0 Å². The summed E-state index contributed by atoms with van der Waals surface area (Å²) in [6, 6.07) is 7.30. The number of anilines is 2. The maximum absolute atomic E-state index is 11.3.